The highest BCUT2D eigenvalue weighted by molar-refractivity contribution is 7.80. The van der Waals surface area contributed by atoms with Crippen molar-refractivity contribution in [2.75, 3.05) is 11.9 Å². The van der Waals surface area contributed by atoms with Gasteiger partial charge in [0.05, 0.1) is 0 Å². The fourth-order valence-electron chi connectivity index (χ4n) is 3.26. The van der Waals surface area contributed by atoms with E-state index in [9.17, 15) is 0 Å². The van der Waals surface area contributed by atoms with Gasteiger partial charge in [-0.2, -0.15) is 0 Å². The maximum absolute atomic E-state index is 5.70. The van der Waals surface area contributed by atoms with E-state index in [1.54, 1.807) is 0 Å². The Morgan fingerprint density at radius 1 is 1.24 bits per heavy atom. The number of thiocarbonyl (C=S) groups is 1. The normalized spacial score (nSPS) is 16.0. The van der Waals surface area contributed by atoms with Gasteiger partial charge in [-0.15, -0.1) is 0 Å². The molecular weight excluding hydrogens is 276 g/mol. The van der Waals surface area contributed by atoms with Crippen molar-refractivity contribution < 1.29 is 0 Å². The van der Waals surface area contributed by atoms with Crippen molar-refractivity contribution in [2.24, 2.45) is 0 Å². The highest BCUT2D eigenvalue weighted by atomic mass is 32.1. The molecular formula is C18H28N2S. The molecule has 0 heterocycles. The van der Waals surface area contributed by atoms with Crippen LogP contribution in [0.25, 0.3) is 0 Å². The minimum Gasteiger partial charge on any atom is -0.346 e. The van der Waals surface area contributed by atoms with Gasteiger partial charge in [-0.25, -0.2) is 0 Å². The quantitative estimate of drug-likeness (QED) is 0.773. The van der Waals surface area contributed by atoms with Gasteiger partial charge in [0, 0.05) is 18.3 Å². The summed E-state index contributed by atoms with van der Waals surface area (Å²) >= 11 is 5.70. The minimum absolute atomic E-state index is 0.501. The molecule has 0 bridgehead atoms. The van der Waals surface area contributed by atoms with Crippen molar-refractivity contribution >= 4 is 23.0 Å². The summed E-state index contributed by atoms with van der Waals surface area (Å²) in [5, 5.41) is 4.38. The predicted octanol–water partition coefficient (Wildman–Crippen LogP) is 5.16. The molecule has 0 amide bonds. The number of para-hydroxylation sites is 1. The molecule has 0 aromatic heterocycles. The number of rotatable bonds is 4. The van der Waals surface area contributed by atoms with Gasteiger partial charge in [-0.05, 0) is 49.5 Å². The fourth-order valence-corrected chi connectivity index (χ4v) is 3.65. The second kappa shape index (κ2) is 7.79. The van der Waals surface area contributed by atoms with Crippen LogP contribution < -0.4 is 5.32 Å². The van der Waals surface area contributed by atoms with Crippen molar-refractivity contribution in [3.8, 4) is 0 Å². The first-order chi connectivity index (χ1) is 10.1. The van der Waals surface area contributed by atoms with E-state index in [1.807, 2.05) is 0 Å². The second-order valence-electron chi connectivity index (χ2n) is 6.25. The van der Waals surface area contributed by atoms with E-state index in [1.165, 1.54) is 37.7 Å². The van der Waals surface area contributed by atoms with Crippen LogP contribution in [0, 0.1) is 0 Å². The average Bonchev–Trinajstić information content (AvgIpc) is 2.49. The van der Waals surface area contributed by atoms with Crippen molar-refractivity contribution in [2.45, 2.75) is 64.8 Å². The Bertz CT molecular complexity index is 464. The molecule has 1 aromatic carbocycles. The highest BCUT2D eigenvalue weighted by Crippen LogP contribution is 2.26. The van der Waals surface area contributed by atoms with E-state index in [0.717, 1.165) is 17.3 Å². The van der Waals surface area contributed by atoms with Crippen molar-refractivity contribution in [1.29, 1.82) is 0 Å². The maximum Gasteiger partial charge on any atom is 0.173 e. The molecule has 0 saturated heterocycles. The molecule has 0 spiro atoms. The Kier molecular flexibility index (Phi) is 6.04. The van der Waals surface area contributed by atoms with Gasteiger partial charge < -0.3 is 10.2 Å². The number of hydrogen-bond acceptors (Lipinski definition) is 1. The molecule has 1 aromatic rings. The predicted molar refractivity (Wildman–Crippen MR) is 96.0 cm³/mol. The van der Waals surface area contributed by atoms with Gasteiger partial charge in [0.1, 0.15) is 0 Å². The fraction of sp³-hybridized carbons (Fsp3) is 0.611. The van der Waals surface area contributed by atoms with E-state index in [4.69, 9.17) is 12.2 Å². The van der Waals surface area contributed by atoms with Crippen LogP contribution in [-0.4, -0.2) is 22.6 Å². The average molecular weight is 305 g/mol. The van der Waals surface area contributed by atoms with Gasteiger partial charge in [-0.3, -0.25) is 0 Å². The summed E-state index contributed by atoms with van der Waals surface area (Å²) in [5.74, 6) is 0.501. The Morgan fingerprint density at radius 2 is 1.90 bits per heavy atom. The number of hydrogen-bond donors (Lipinski definition) is 1. The zero-order valence-electron chi connectivity index (χ0n) is 13.6. The third-order valence-electron chi connectivity index (χ3n) is 4.44. The number of nitrogens with one attached hydrogen (secondary N) is 1. The van der Waals surface area contributed by atoms with Crippen molar-refractivity contribution in [3.63, 3.8) is 0 Å². The lowest BCUT2D eigenvalue weighted by Gasteiger charge is -2.35. The largest absolute Gasteiger partial charge is 0.346 e. The SMILES string of the molecule is CCN(C(=S)Nc1ccccc1C(C)C)C1CCCCC1. The molecule has 116 valence electrons. The number of anilines is 1. The van der Waals surface area contributed by atoms with Crippen LogP contribution in [-0.2, 0) is 0 Å². The minimum atomic E-state index is 0.501. The second-order valence-corrected chi connectivity index (χ2v) is 6.64. The molecule has 0 unspecified atom stereocenters. The van der Waals surface area contributed by atoms with Gasteiger partial charge in [-0.1, -0.05) is 51.3 Å². The smallest absolute Gasteiger partial charge is 0.173 e. The van der Waals surface area contributed by atoms with E-state index in [2.05, 4.69) is 55.3 Å². The van der Waals surface area contributed by atoms with Crippen LogP contribution in [0.5, 0.6) is 0 Å². The van der Waals surface area contributed by atoms with Crippen LogP contribution in [0.15, 0.2) is 24.3 Å². The van der Waals surface area contributed by atoms with Crippen LogP contribution in [0.3, 0.4) is 0 Å². The third kappa shape index (κ3) is 4.19. The van der Waals surface area contributed by atoms with Gasteiger partial charge in [0.15, 0.2) is 5.11 Å². The molecule has 0 radical (unpaired) electrons. The first kappa shape index (κ1) is 16.3. The van der Waals surface area contributed by atoms with E-state index in [-0.39, 0.29) is 0 Å². The molecule has 1 N–H and O–H groups in total. The zero-order chi connectivity index (χ0) is 15.2. The lowest BCUT2D eigenvalue weighted by atomic mass is 9.94. The molecule has 0 aliphatic heterocycles. The van der Waals surface area contributed by atoms with Gasteiger partial charge >= 0.3 is 0 Å². The molecule has 1 aliphatic carbocycles. The number of nitrogens with zero attached hydrogens (tertiary/aromatic N) is 1. The summed E-state index contributed by atoms with van der Waals surface area (Å²) in [6, 6.07) is 9.12. The van der Waals surface area contributed by atoms with Gasteiger partial charge in [0.2, 0.25) is 0 Å². The Hall–Kier alpha value is -1.09. The molecule has 1 saturated carbocycles. The topological polar surface area (TPSA) is 15.3 Å². The highest BCUT2D eigenvalue weighted by Gasteiger charge is 2.22. The summed E-state index contributed by atoms with van der Waals surface area (Å²) in [7, 11) is 0. The molecule has 2 nitrogen and oxygen atoms in total. The van der Waals surface area contributed by atoms with Crippen molar-refractivity contribution in [1.82, 2.24) is 4.90 Å². The molecule has 3 heteroatoms. The Balaban J connectivity index is 2.08. The standard InChI is InChI=1S/C18H28N2S/c1-4-20(15-10-6-5-7-11-15)18(21)19-17-13-9-8-12-16(17)14(2)3/h8-9,12-15H,4-7,10-11H2,1-3H3,(H,19,21). The molecule has 21 heavy (non-hydrogen) atoms. The Morgan fingerprint density at radius 3 is 2.52 bits per heavy atom. The van der Waals surface area contributed by atoms with Crippen molar-refractivity contribution in [3.05, 3.63) is 29.8 Å². The van der Waals surface area contributed by atoms with Crippen LogP contribution in [0.1, 0.15) is 64.4 Å². The van der Waals surface area contributed by atoms with E-state index >= 15 is 0 Å². The van der Waals surface area contributed by atoms with E-state index < -0.39 is 0 Å². The third-order valence-corrected chi connectivity index (χ3v) is 4.78. The van der Waals surface area contributed by atoms with Crippen LogP contribution in [0.4, 0.5) is 5.69 Å². The Labute approximate surface area is 134 Å². The molecule has 2 rings (SSSR count). The summed E-state index contributed by atoms with van der Waals surface area (Å²) < 4.78 is 0. The summed E-state index contributed by atoms with van der Waals surface area (Å²) in [6.07, 6.45) is 6.62. The summed E-state index contributed by atoms with van der Waals surface area (Å²) in [4.78, 5) is 2.38. The van der Waals surface area contributed by atoms with E-state index in [0.29, 0.717) is 12.0 Å². The lowest BCUT2D eigenvalue weighted by molar-refractivity contribution is 0.255. The molecule has 0 atom stereocenters. The van der Waals surface area contributed by atoms with Gasteiger partial charge in [0.25, 0.3) is 0 Å². The summed E-state index contributed by atoms with van der Waals surface area (Å²) in [5.41, 5.74) is 2.49. The zero-order valence-corrected chi connectivity index (χ0v) is 14.4. The molecule has 1 aliphatic rings. The molecule has 1 fully saturated rings. The maximum atomic E-state index is 5.70. The number of benzene rings is 1. The van der Waals surface area contributed by atoms with Crippen LogP contribution >= 0.6 is 12.2 Å². The first-order valence-electron chi connectivity index (χ1n) is 8.30. The summed E-state index contributed by atoms with van der Waals surface area (Å²) in [6.45, 7) is 7.64. The first-order valence-corrected chi connectivity index (χ1v) is 8.70. The monoisotopic (exact) mass is 304 g/mol. The van der Waals surface area contributed by atoms with Crippen LogP contribution in [0.2, 0.25) is 0 Å². The lowest BCUT2D eigenvalue weighted by Crippen LogP contribution is -2.43.